The number of aryl methyl sites for hydroxylation is 2. The van der Waals surface area contributed by atoms with Crippen molar-refractivity contribution in [1.29, 1.82) is 0 Å². The van der Waals surface area contributed by atoms with Gasteiger partial charge < -0.3 is 24.5 Å². The summed E-state index contributed by atoms with van der Waals surface area (Å²) in [5.41, 5.74) is 2.76. The fraction of sp³-hybridized carbons (Fsp3) is 0.370. The number of carbonyl (C=O) groups is 2. The number of hydrogen-bond donors (Lipinski definition) is 2. The van der Waals surface area contributed by atoms with Gasteiger partial charge in [0.05, 0.1) is 36.0 Å². The lowest BCUT2D eigenvalue weighted by atomic mass is 9.89. The van der Waals surface area contributed by atoms with Gasteiger partial charge >= 0.3 is 0 Å². The lowest BCUT2D eigenvalue weighted by Crippen LogP contribution is -2.58. The molecule has 1 aromatic carbocycles. The van der Waals surface area contributed by atoms with Crippen LogP contribution in [0.4, 0.5) is 4.39 Å². The molecule has 4 heterocycles. The highest BCUT2D eigenvalue weighted by Gasteiger charge is 2.40. The first-order chi connectivity index (χ1) is 17.7. The van der Waals surface area contributed by atoms with Crippen LogP contribution >= 0.6 is 0 Å². The monoisotopic (exact) mass is 506 g/mol. The summed E-state index contributed by atoms with van der Waals surface area (Å²) in [6, 6.07) is 6.48. The largest absolute Gasteiger partial charge is 0.460 e. The molecule has 0 bridgehead atoms. The van der Waals surface area contributed by atoms with Crippen LogP contribution in [0.3, 0.4) is 0 Å². The van der Waals surface area contributed by atoms with Gasteiger partial charge in [0, 0.05) is 29.8 Å². The number of carbonyl (C=O) groups excluding carboxylic acids is 2. The Labute approximate surface area is 211 Å². The number of aromatic nitrogens is 2. The number of fused-ring (bicyclic) bond motifs is 2. The molecule has 0 unspecified atom stereocenters. The number of aliphatic hydroxyl groups is 1. The average Bonchev–Trinajstić information content (AvgIpc) is 3.37. The Kier molecular flexibility index (Phi) is 5.45. The van der Waals surface area contributed by atoms with Gasteiger partial charge in [0.1, 0.15) is 28.8 Å². The topological polar surface area (TPSA) is 109 Å². The highest BCUT2D eigenvalue weighted by atomic mass is 19.1. The third-order valence-corrected chi connectivity index (χ3v) is 7.51. The molecular weight excluding hydrogens is 479 g/mol. The molecule has 0 spiro atoms. The van der Waals surface area contributed by atoms with E-state index in [1.165, 1.54) is 4.90 Å². The van der Waals surface area contributed by atoms with Gasteiger partial charge in [0.15, 0.2) is 5.75 Å². The minimum Gasteiger partial charge on any atom is -0.460 e. The number of aliphatic hydroxyl groups excluding tert-OH is 1. The molecule has 2 amide bonds. The maximum atomic E-state index is 13.6. The number of hydrogen-bond acceptors (Lipinski definition) is 6. The predicted octanol–water partition coefficient (Wildman–Crippen LogP) is 3.93. The molecule has 1 saturated carbocycles. The first-order valence-electron chi connectivity index (χ1n) is 12.3. The quantitative estimate of drug-likeness (QED) is 0.425. The zero-order valence-electron chi connectivity index (χ0n) is 20.7. The maximum Gasteiger partial charge on any atom is 0.256 e. The number of alkyl halides is 1. The zero-order chi connectivity index (χ0) is 26.0. The van der Waals surface area contributed by atoms with E-state index in [0.29, 0.717) is 63.3 Å². The highest BCUT2D eigenvalue weighted by Crippen LogP contribution is 2.35. The Morgan fingerprint density at radius 2 is 2.03 bits per heavy atom. The van der Waals surface area contributed by atoms with Crippen molar-refractivity contribution in [3.05, 3.63) is 59.1 Å². The molecule has 10 heteroatoms. The predicted molar refractivity (Wildman–Crippen MR) is 133 cm³/mol. The molecule has 37 heavy (non-hydrogen) atoms. The van der Waals surface area contributed by atoms with E-state index >= 15 is 0 Å². The highest BCUT2D eigenvalue weighted by molar-refractivity contribution is 6.07. The lowest BCUT2D eigenvalue weighted by Gasteiger charge is -2.41. The molecule has 1 aliphatic heterocycles. The van der Waals surface area contributed by atoms with E-state index in [2.05, 4.69) is 10.4 Å². The minimum atomic E-state index is -1.00. The van der Waals surface area contributed by atoms with E-state index < -0.39 is 12.2 Å². The number of nitrogens with zero attached hydrogens (tertiary/aromatic N) is 3. The van der Waals surface area contributed by atoms with Crippen molar-refractivity contribution in [2.75, 3.05) is 6.54 Å². The standard InChI is InChI=1S/C27H27FN4O5/c1-13-20(27(35)31-12-21(28)14(31)2)11-32-25(13)22(6-7-29-32)37-18-4-5-19-23(10-18)36-15(3)24(19)26(34)30-16-8-17(33)9-16/h4-7,10-11,14,16-17,21,33H,8-9,12H2,1-3H3,(H,30,34)/t14-,16?,17?,21+/m1/s1. The first-order valence-corrected chi connectivity index (χ1v) is 12.3. The van der Waals surface area contributed by atoms with Crippen molar-refractivity contribution in [2.45, 2.75) is 58.0 Å². The van der Waals surface area contributed by atoms with E-state index in [0.717, 1.165) is 0 Å². The summed E-state index contributed by atoms with van der Waals surface area (Å²) in [4.78, 5) is 27.4. The normalized spacial score (nSPS) is 23.1. The molecule has 2 fully saturated rings. The van der Waals surface area contributed by atoms with Crippen molar-refractivity contribution in [3.8, 4) is 11.5 Å². The van der Waals surface area contributed by atoms with Gasteiger partial charge in [0.25, 0.3) is 11.8 Å². The SMILES string of the molecule is Cc1oc2cc(Oc3ccnn4cc(C(=O)N5C[C@H](F)[C@H]5C)c(C)c34)ccc2c1C(=O)NC1CC(O)C1. The number of furan rings is 1. The van der Waals surface area contributed by atoms with Crippen LogP contribution in [0, 0.1) is 13.8 Å². The van der Waals surface area contributed by atoms with Gasteiger partial charge in [-0.1, -0.05) is 0 Å². The second-order valence-corrected chi connectivity index (χ2v) is 9.96. The number of amides is 2. The Balaban J connectivity index is 1.28. The molecule has 4 aromatic rings. The van der Waals surface area contributed by atoms with Crippen LogP contribution in [0.5, 0.6) is 11.5 Å². The summed E-state index contributed by atoms with van der Waals surface area (Å²) < 4.78 is 27.3. The Morgan fingerprint density at radius 3 is 2.73 bits per heavy atom. The van der Waals surface area contributed by atoms with E-state index in [1.54, 1.807) is 55.0 Å². The van der Waals surface area contributed by atoms with Crippen LogP contribution in [0.15, 0.2) is 41.1 Å². The van der Waals surface area contributed by atoms with Crippen LogP contribution in [0.1, 0.15) is 51.8 Å². The van der Waals surface area contributed by atoms with E-state index in [9.17, 15) is 19.1 Å². The number of likely N-dealkylation sites (tertiary alicyclic amines) is 1. The van der Waals surface area contributed by atoms with E-state index in [-0.39, 0.29) is 30.5 Å². The summed E-state index contributed by atoms with van der Waals surface area (Å²) >= 11 is 0. The smallest absolute Gasteiger partial charge is 0.256 e. The first kappa shape index (κ1) is 23.5. The molecule has 1 saturated heterocycles. The summed E-state index contributed by atoms with van der Waals surface area (Å²) in [5.74, 6) is 1.03. The molecule has 2 aliphatic rings. The van der Waals surface area contributed by atoms with Gasteiger partial charge in [-0.3, -0.25) is 9.59 Å². The van der Waals surface area contributed by atoms with E-state index in [4.69, 9.17) is 9.15 Å². The van der Waals surface area contributed by atoms with Crippen molar-refractivity contribution < 1.29 is 28.2 Å². The van der Waals surface area contributed by atoms with Gasteiger partial charge in [-0.2, -0.15) is 5.10 Å². The molecule has 6 rings (SSSR count). The molecular formula is C27H27FN4O5. The average molecular weight is 507 g/mol. The number of rotatable bonds is 5. The van der Waals surface area contributed by atoms with Crippen LogP contribution in [0.2, 0.25) is 0 Å². The number of ether oxygens (including phenoxy) is 1. The van der Waals surface area contributed by atoms with Crippen molar-refractivity contribution in [3.63, 3.8) is 0 Å². The van der Waals surface area contributed by atoms with Gasteiger partial charge in [0.2, 0.25) is 0 Å². The maximum absolute atomic E-state index is 13.6. The molecule has 2 atom stereocenters. The lowest BCUT2D eigenvalue weighted by molar-refractivity contribution is 0.00637. The molecule has 0 radical (unpaired) electrons. The fourth-order valence-corrected chi connectivity index (χ4v) is 5.14. The van der Waals surface area contributed by atoms with E-state index in [1.807, 2.05) is 6.92 Å². The Hall–Kier alpha value is -3.92. The summed E-state index contributed by atoms with van der Waals surface area (Å²) in [5, 5.41) is 17.4. The number of halogens is 1. The van der Waals surface area contributed by atoms with Gasteiger partial charge in [-0.05, 0) is 51.3 Å². The molecule has 1 aliphatic carbocycles. The van der Waals surface area contributed by atoms with Crippen LogP contribution < -0.4 is 10.1 Å². The second-order valence-electron chi connectivity index (χ2n) is 9.96. The van der Waals surface area contributed by atoms with Crippen LogP contribution in [-0.2, 0) is 0 Å². The molecule has 3 aromatic heterocycles. The third-order valence-electron chi connectivity index (χ3n) is 7.51. The Bertz CT molecular complexity index is 1550. The van der Waals surface area contributed by atoms with Crippen LogP contribution in [-0.4, -0.2) is 62.3 Å². The minimum absolute atomic E-state index is 0.0340. The van der Waals surface area contributed by atoms with Gasteiger partial charge in [-0.25, -0.2) is 8.91 Å². The molecule has 2 N–H and O–H groups in total. The van der Waals surface area contributed by atoms with Crippen molar-refractivity contribution in [1.82, 2.24) is 19.8 Å². The fourth-order valence-electron chi connectivity index (χ4n) is 5.14. The molecule has 192 valence electrons. The summed E-state index contributed by atoms with van der Waals surface area (Å²) in [7, 11) is 0. The summed E-state index contributed by atoms with van der Waals surface area (Å²) in [6.07, 6.45) is 2.97. The van der Waals surface area contributed by atoms with Crippen molar-refractivity contribution >= 4 is 28.3 Å². The third kappa shape index (κ3) is 3.83. The zero-order valence-corrected chi connectivity index (χ0v) is 20.7. The second kappa shape index (κ2) is 8.58. The molecule has 9 nitrogen and oxygen atoms in total. The van der Waals surface area contributed by atoms with Crippen molar-refractivity contribution in [2.24, 2.45) is 0 Å². The number of benzene rings is 1. The summed E-state index contributed by atoms with van der Waals surface area (Å²) in [6.45, 7) is 5.35. The van der Waals surface area contributed by atoms with Gasteiger partial charge in [-0.15, -0.1) is 0 Å². The van der Waals surface area contributed by atoms with Crippen LogP contribution in [0.25, 0.3) is 16.5 Å². The number of nitrogens with one attached hydrogen (secondary N) is 1. The Morgan fingerprint density at radius 1 is 1.24 bits per heavy atom.